The van der Waals surface area contributed by atoms with Gasteiger partial charge in [0.15, 0.2) is 5.82 Å². The molecule has 0 saturated heterocycles. The van der Waals surface area contributed by atoms with E-state index in [1.165, 1.54) is 0 Å². The highest BCUT2D eigenvalue weighted by molar-refractivity contribution is 7.71. The lowest BCUT2D eigenvalue weighted by Gasteiger charge is -2.09. The van der Waals surface area contributed by atoms with Crippen LogP contribution in [0, 0.1) is 4.77 Å². The van der Waals surface area contributed by atoms with Crippen LogP contribution in [0.15, 0.2) is 40.8 Å². The summed E-state index contributed by atoms with van der Waals surface area (Å²) in [6.45, 7) is 0. The lowest BCUT2D eigenvalue weighted by Crippen LogP contribution is -1.97. The number of thiophene rings is 1. The molecule has 2 aromatic heterocycles. The van der Waals surface area contributed by atoms with Crippen LogP contribution in [-0.4, -0.2) is 35.3 Å². The Bertz CT molecular complexity index is 881. The summed E-state index contributed by atoms with van der Waals surface area (Å²) in [6.07, 6.45) is 1.75. The molecule has 0 amide bonds. The molecule has 118 valence electrons. The van der Waals surface area contributed by atoms with Gasteiger partial charge < -0.3 is 9.47 Å². The van der Waals surface area contributed by atoms with E-state index in [0.29, 0.717) is 22.1 Å². The molecule has 0 bridgehead atoms. The van der Waals surface area contributed by atoms with Crippen LogP contribution in [0.3, 0.4) is 0 Å². The third-order valence-corrected chi connectivity index (χ3v) is 4.21. The first-order valence-electron chi connectivity index (χ1n) is 6.70. The summed E-state index contributed by atoms with van der Waals surface area (Å²) in [7, 11) is 3.20. The molecule has 0 radical (unpaired) electrons. The Hall–Kier alpha value is -2.45. The first kappa shape index (κ1) is 15.4. The predicted molar refractivity (Wildman–Crippen MR) is 93.3 cm³/mol. The van der Waals surface area contributed by atoms with Gasteiger partial charge in [-0.3, -0.25) is 0 Å². The molecule has 0 fully saturated rings. The summed E-state index contributed by atoms with van der Waals surface area (Å²) in [5.74, 6) is 1.90. The van der Waals surface area contributed by atoms with E-state index in [1.807, 2.05) is 29.6 Å². The number of nitrogens with zero attached hydrogens (tertiary/aromatic N) is 3. The van der Waals surface area contributed by atoms with Gasteiger partial charge in [-0.1, -0.05) is 6.07 Å². The summed E-state index contributed by atoms with van der Waals surface area (Å²) in [5, 5.41) is 13.4. The molecule has 0 unspecified atom stereocenters. The zero-order valence-electron chi connectivity index (χ0n) is 12.5. The van der Waals surface area contributed by atoms with Crippen LogP contribution in [0.4, 0.5) is 0 Å². The van der Waals surface area contributed by atoms with Gasteiger partial charge in [0.25, 0.3) is 0 Å². The summed E-state index contributed by atoms with van der Waals surface area (Å²) in [5.41, 5.74) is 0.768. The molecule has 0 saturated carbocycles. The Morgan fingerprint density at radius 3 is 2.87 bits per heavy atom. The molecule has 8 heteroatoms. The van der Waals surface area contributed by atoms with Gasteiger partial charge in [-0.2, -0.15) is 14.9 Å². The van der Waals surface area contributed by atoms with Crippen molar-refractivity contribution in [3.8, 4) is 22.9 Å². The van der Waals surface area contributed by atoms with Crippen LogP contribution < -0.4 is 9.47 Å². The molecule has 6 nitrogen and oxygen atoms in total. The van der Waals surface area contributed by atoms with Gasteiger partial charge >= 0.3 is 0 Å². The van der Waals surface area contributed by atoms with E-state index in [1.54, 1.807) is 42.5 Å². The van der Waals surface area contributed by atoms with Gasteiger partial charge in [0.05, 0.1) is 26.0 Å². The number of rotatable bonds is 5. The number of H-pyrrole nitrogens is 1. The summed E-state index contributed by atoms with van der Waals surface area (Å²) < 4.78 is 12.6. The van der Waals surface area contributed by atoms with Crippen molar-refractivity contribution in [3.05, 3.63) is 45.4 Å². The van der Waals surface area contributed by atoms with E-state index in [9.17, 15) is 0 Å². The maximum Gasteiger partial charge on any atom is 0.216 e. The average Bonchev–Trinajstić information content (AvgIpc) is 3.22. The molecular weight excluding hydrogens is 332 g/mol. The minimum absolute atomic E-state index is 0.408. The number of aromatic nitrogens is 3. The quantitative estimate of drug-likeness (QED) is 0.567. The zero-order valence-corrected chi connectivity index (χ0v) is 14.1. The number of methoxy groups -OCH3 is 2. The minimum atomic E-state index is 0.408. The second-order valence-corrected chi connectivity index (χ2v) is 5.86. The first-order valence-corrected chi connectivity index (χ1v) is 7.99. The van der Waals surface area contributed by atoms with Gasteiger partial charge in [0.1, 0.15) is 11.5 Å². The molecule has 3 rings (SSSR count). The Morgan fingerprint density at radius 1 is 1.30 bits per heavy atom. The summed E-state index contributed by atoms with van der Waals surface area (Å²) >= 11 is 6.86. The van der Waals surface area contributed by atoms with Crippen LogP contribution >= 0.6 is 23.6 Å². The lowest BCUT2D eigenvalue weighted by molar-refractivity contribution is 0.395. The number of hydrogen-bond acceptors (Lipinski definition) is 6. The Morgan fingerprint density at radius 2 is 2.17 bits per heavy atom. The fourth-order valence-corrected chi connectivity index (χ4v) is 2.79. The molecule has 2 heterocycles. The SMILES string of the molecule is COc1ccc(-c2n[nH]c(=S)n2/N=C\c2cccs2)c(OC)c1. The third kappa shape index (κ3) is 3.17. The summed E-state index contributed by atoms with van der Waals surface area (Å²) in [6, 6.07) is 9.43. The molecule has 0 aliphatic heterocycles. The Balaban J connectivity index is 2.06. The molecule has 0 aliphatic carbocycles. The molecule has 0 aliphatic rings. The largest absolute Gasteiger partial charge is 0.497 e. The second kappa shape index (κ2) is 6.76. The topological polar surface area (TPSA) is 64.4 Å². The van der Waals surface area contributed by atoms with E-state index in [4.69, 9.17) is 21.7 Å². The van der Waals surface area contributed by atoms with Crippen molar-refractivity contribution in [1.29, 1.82) is 0 Å². The molecule has 0 atom stereocenters. The smallest absolute Gasteiger partial charge is 0.216 e. The Kier molecular flexibility index (Phi) is 4.54. The lowest BCUT2D eigenvalue weighted by atomic mass is 10.2. The molecular formula is C15H14N4O2S2. The van der Waals surface area contributed by atoms with Crippen LogP contribution in [-0.2, 0) is 0 Å². The van der Waals surface area contributed by atoms with Crippen LogP contribution in [0.25, 0.3) is 11.4 Å². The van der Waals surface area contributed by atoms with E-state index in [2.05, 4.69) is 15.3 Å². The number of nitrogens with one attached hydrogen (secondary N) is 1. The molecule has 1 aromatic carbocycles. The highest BCUT2D eigenvalue weighted by Crippen LogP contribution is 2.32. The van der Waals surface area contributed by atoms with Crippen LogP contribution in [0.2, 0.25) is 0 Å². The minimum Gasteiger partial charge on any atom is -0.497 e. The monoisotopic (exact) mass is 346 g/mol. The normalized spacial score (nSPS) is 11.0. The second-order valence-electron chi connectivity index (χ2n) is 4.49. The van der Waals surface area contributed by atoms with E-state index in [-0.39, 0.29) is 0 Å². The van der Waals surface area contributed by atoms with Crippen LogP contribution in [0.5, 0.6) is 11.5 Å². The van der Waals surface area contributed by atoms with Gasteiger partial charge in [0, 0.05) is 10.9 Å². The highest BCUT2D eigenvalue weighted by Gasteiger charge is 2.14. The van der Waals surface area contributed by atoms with Gasteiger partial charge in [-0.25, -0.2) is 5.10 Å². The van der Waals surface area contributed by atoms with Crippen molar-refractivity contribution < 1.29 is 9.47 Å². The van der Waals surface area contributed by atoms with Crippen molar-refractivity contribution in [2.75, 3.05) is 14.2 Å². The first-order chi connectivity index (χ1) is 11.2. The predicted octanol–water partition coefficient (Wildman–Crippen LogP) is 3.57. The maximum atomic E-state index is 5.43. The highest BCUT2D eigenvalue weighted by atomic mass is 32.1. The Labute approximate surface area is 142 Å². The molecule has 3 aromatic rings. The molecule has 0 spiro atoms. The number of ether oxygens (including phenoxy) is 2. The average molecular weight is 346 g/mol. The van der Waals surface area contributed by atoms with Crippen LogP contribution in [0.1, 0.15) is 4.88 Å². The van der Waals surface area contributed by atoms with Crippen molar-refractivity contribution in [3.63, 3.8) is 0 Å². The number of benzene rings is 1. The van der Waals surface area contributed by atoms with E-state index < -0.39 is 0 Å². The fraction of sp³-hybridized carbons (Fsp3) is 0.133. The standard InChI is InChI=1S/C15H14N4O2S2/c1-20-10-5-6-12(13(8-10)21-2)14-17-18-15(22)19(14)16-9-11-4-3-7-23-11/h3-9H,1-2H3,(H,18,22)/b16-9-. The van der Waals surface area contributed by atoms with Crippen molar-refractivity contribution in [2.24, 2.45) is 5.10 Å². The van der Waals surface area contributed by atoms with Crippen molar-refractivity contribution >= 4 is 29.8 Å². The number of aromatic amines is 1. The maximum absolute atomic E-state index is 5.43. The third-order valence-electron chi connectivity index (χ3n) is 3.14. The van der Waals surface area contributed by atoms with Gasteiger partial charge in [-0.15, -0.1) is 11.3 Å². The zero-order chi connectivity index (χ0) is 16.2. The van der Waals surface area contributed by atoms with E-state index >= 15 is 0 Å². The molecule has 1 N–H and O–H groups in total. The summed E-state index contributed by atoms with van der Waals surface area (Å²) in [4.78, 5) is 1.03. The fourth-order valence-electron chi connectivity index (χ4n) is 2.04. The van der Waals surface area contributed by atoms with Crippen molar-refractivity contribution in [1.82, 2.24) is 14.9 Å². The molecule has 23 heavy (non-hydrogen) atoms. The van der Waals surface area contributed by atoms with Crippen molar-refractivity contribution in [2.45, 2.75) is 0 Å². The van der Waals surface area contributed by atoms with E-state index in [0.717, 1.165) is 10.4 Å². The number of hydrogen-bond donors (Lipinski definition) is 1. The van der Waals surface area contributed by atoms with Gasteiger partial charge in [-0.05, 0) is 35.8 Å². The van der Waals surface area contributed by atoms with Gasteiger partial charge in [0.2, 0.25) is 4.77 Å².